The number of carbonyl (C=O) groups is 1. The molecule has 0 atom stereocenters. The van der Waals surface area contributed by atoms with Gasteiger partial charge in [-0.2, -0.15) is 9.61 Å². The zero-order chi connectivity index (χ0) is 19.3. The summed E-state index contributed by atoms with van der Waals surface area (Å²) in [7, 11) is 0. The Morgan fingerprint density at radius 3 is 2.57 bits per heavy atom. The van der Waals surface area contributed by atoms with E-state index >= 15 is 0 Å². The lowest BCUT2D eigenvalue weighted by atomic mass is 9.49. The number of fused-ring (bicyclic) bond motifs is 1. The Labute approximate surface area is 168 Å². The van der Waals surface area contributed by atoms with Crippen LogP contribution in [0.2, 0.25) is 0 Å². The fourth-order valence-electron chi connectivity index (χ4n) is 6.05. The molecule has 4 fully saturated rings. The molecule has 0 amide bonds. The van der Waals surface area contributed by atoms with Gasteiger partial charge in [-0.25, -0.2) is 4.98 Å². The smallest absolute Gasteiger partial charge is 0.312 e. The Bertz CT molecular complexity index is 928. The van der Waals surface area contributed by atoms with Gasteiger partial charge in [-0.05, 0) is 62.7 Å². The minimum Gasteiger partial charge on any atom is -0.459 e. The molecule has 2 aromatic heterocycles. The minimum absolute atomic E-state index is 0.0680. The summed E-state index contributed by atoms with van der Waals surface area (Å²) in [5, 5.41) is 5.29. The zero-order valence-corrected chi connectivity index (χ0v) is 17.2. The van der Waals surface area contributed by atoms with E-state index in [2.05, 4.69) is 17.0 Å². The highest BCUT2D eigenvalue weighted by Crippen LogP contribution is 2.60. The summed E-state index contributed by atoms with van der Waals surface area (Å²) in [4.78, 5) is 30.5. The number of unbranched alkanes of at least 4 members (excludes halogenated alkanes) is 1. The molecule has 2 aromatic rings. The molecule has 4 saturated carbocycles. The van der Waals surface area contributed by atoms with Gasteiger partial charge in [-0.1, -0.05) is 24.7 Å². The number of aromatic nitrogens is 3. The highest BCUT2D eigenvalue weighted by molar-refractivity contribution is 7.16. The minimum atomic E-state index is -0.272. The molecule has 4 bridgehead atoms. The third kappa shape index (κ3) is 3.17. The third-order valence-corrected chi connectivity index (χ3v) is 7.87. The number of ether oxygens (including phenoxy) is 1. The van der Waals surface area contributed by atoms with Gasteiger partial charge in [-0.3, -0.25) is 9.59 Å². The molecule has 150 valence electrons. The first kappa shape index (κ1) is 18.3. The van der Waals surface area contributed by atoms with Crippen molar-refractivity contribution >= 4 is 22.3 Å². The van der Waals surface area contributed by atoms with Gasteiger partial charge >= 0.3 is 5.97 Å². The molecule has 6 rings (SSSR count). The maximum absolute atomic E-state index is 13.0. The van der Waals surface area contributed by atoms with Crippen molar-refractivity contribution < 1.29 is 9.53 Å². The van der Waals surface area contributed by atoms with Crippen molar-refractivity contribution in [3.63, 3.8) is 0 Å². The lowest BCUT2D eigenvalue weighted by Crippen LogP contribution is -2.50. The van der Waals surface area contributed by atoms with E-state index < -0.39 is 0 Å². The van der Waals surface area contributed by atoms with Crippen LogP contribution in [0.4, 0.5) is 0 Å². The number of carbonyl (C=O) groups excluding carboxylic acids is 1. The van der Waals surface area contributed by atoms with E-state index in [9.17, 15) is 9.59 Å². The van der Waals surface area contributed by atoms with Crippen molar-refractivity contribution in [2.24, 2.45) is 23.2 Å². The number of hydrogen-bond donors (Lipinski definition) is 0. The van der Waals surface area contributed by atoms with E-state index in [0.29, 0.717) is 28.4 Å². The zero-order valence-electron chi connectivity index (χ0n) is 16.4. The molecule has 4 aliphatic carbocycles. The van der Waals surface area contributed by atoms with Crippen LogP contribution in [-0.2, 0) is 22.6 Å². The van der Waals surface area contributed by atoms with E-state index in [1.54, 1.807) is 0 Å². The van der Waals surface area contributed by atoms with E-state index in [4.69, 9.17) is 4.74 Å². The van der Waals surface area contributed by atoms with E-state index in [1.807, 2.05) is 0 Å². The van der Waals surface area contributed by atoms with Gasteiger partial charge in [0.05, 0.1) is 11.1 Å². The van der Waals surface area contributed by atoms with Crippen molar-refractivity contribution in [3.8, 4) is 0 Å². The number of hydrogen-bond acceptors (Lipinski definition) is 6. The van der Waals surface area contributed by atoms with Gasteiger partial charge in [0.1, 0.15) is 11.6 Å². The highest BCUT2D eigenvalue weighted by atomic mass is 32.1. The second-order valence-electron chi connectivity index (χ2n) is 9.15. The number of esters is 1. The van der Waals surface area contributed by atoms with Crippen LogP contribution in [-0.4, -0.2) is 20.6 Å². The van der Waals surface area contributed by atoms with Crippen molar-refractivity contribution in [1.29, 1.82) is 0 Å². The predicted octanol–water partition coefficient (Wildman–Crippen LogP) is 3.75. The van der Waals surface area contributed by atoms with E-state index in [1.165, 1.54) is 41.2 Å². The molecule has 0 saturated heterocycles. The topological polar surface area (TPSA) is 73.6 Å². The summed E-state index contributed by atoms with van der Waals surface area (Å²) < 4.78 is 7.08. The van der Waals surface area contributed by atoms with Crippen molar-refractivity contribution in [2.75, 3.05) is 0 Å². The van der Waals surface area contributed by atoms with E-state index in [-0.39, 0.29) is 23.6 Å². The molecule has 0 aromatic carbocycles. The maximum atomic E-state index is 13.0. The Kier molecular flexibility index (Phi) is 4.53. The fraction of sp³-hybridized carbons (Fsp3) is 0.714. The summed E-state index contributed by atoms with van der Waals surface area (Å²) in [5.74, 6) is 2.05. The molecule has 28 heavy (non-hydrogen) atoms. The quantitative estimate of drug-likeness (QED) is 0.689. The molecule has 0 aliphatic heterocycles. The third-order valence-electron chi connectivity index (χ3n) is 6.91. The summed E-state index contributed by atoms with van der Waals surface area (Å²) >= 11 is 1.45. The number of nitrogens with zero attached hydrogens (tertiary/aromatic N) is 3. The summed E-state index contributed by atoms with van der Waals surface area (Å²) in [6.45, 7) is 2.21. The lowest BCUT2D eigenvalue weighted by molar-refractivity contribution is -0.173. The molecule has 0 N–H and O–H groups in total. The second-order valence-corrected chi connectivity index (χ2v) is 10.2. The average molecular weight is 402 g/mol. The first-order chi connectivity index (χ1) is 13.5. The van der Waals surface area contributed by atoms with Crippen LogP contribution >= 0.6 is 11.3 Å². The Morgan fingerprint density at radius 1 is 1.25 bits per heavy atom. The monoisotopic (exact) mass is 401 g/mol. The van der Waals surface area contributed by atoms with Gasteiger partial charge in [0, 0.05) is 12.5 Å². The van der Waals surface area contributed by atoms with Gasteiger partial charge in [-0.15, -0.1) is 0 Å². The van der Waals surface area contributed by atoms with Crippen LogP contribution < -0.4 is 5.56 Å². The first-order valence-electron chi connectivity index (χ1n) is 10.6. The van der Waals surface area contributed by atoms with Crippen LogP contribution in [0.25, 0.3) is 4.96 Å². The molecule has 0 spiro atoms. The lowest BCUT2D eigenvalue weighted by Gasteiger charge is -2.55. The Balaban J connectivity index is 1.30. The molecule has 0 unspecified atom stereocenters. The SMILES string of the molecule is CCCCc1nn2c(=O)cc(COC(=O)C34CC5CC(CC(C5)C3)C4)nc2s1. The fourth-order valence-corrected chi connectivity index (χ4v) is 7.01. The van der Waals surface area contributed by atoms with E-state index in [0.717, 1.165) is 43.5 Å². The van der Waals surface area contributed by atoms with Crippen LogP contribution in [0.15, 0.2) is 10.9 Å². The molecular weight excluding hydrogens is 374 g/mol. The standard InChI is InChI=1S/C21H27N3O3S/c1-2-3-4-17-23-24-18(25)8-16(22-20(24)28-17)12-27-19(26)21-9-13-5-14(10-21)7-15(6-13)11-21/h8,13-15H,2-7,9-12H2,1H3. The van der Waals surface area contributed by atoms with Gasteiger partial charge in [0.15, 0.2) is 0 Å². The van der Waals surface area contributed by atoms with Gasteiger partial charge < -0.3 is 4.74 Å². The van der Waals surface area contributed by atoms with Crippen LogP contribution in [0, 0.1) is 23.2 Å². The summed E-state index contributed by atoms with van der Waals surface area (Å²) in [6.07, 6.45) is 9.86. The summed E-state index contributed by atoms with van der Waals surface area (Å²) in [5.41, 5.74) is 0.0461. The molecule has 7 heteroatoms. The van der Waals surface area contributed by atoms with Crippen molar-refractivity contribution in [2.45, 2.75) is 71.3 Å². The average Bonchev–Trinajstić information content (AvgIpc) is 3.07. The van der Waals surface area contributed by atoms with Crippen LogP contribution in [0.3, 0.4) is 0 Å². The molecule has 0 radical (unpaired) electrons. The van der Waals surface area contributed by atoms with Crippen LogP contribution in [0.1, 0.15) is 69.0 Å². The Morgan fingerprint density at radius 2 is 1.93 bits per heavy atom. The molecule has 2 heterocycles. The first-order valence-corrected chi connectivity index (χ1v) is 11.4. The van der Waals surface area contributed by atoms with Gasteiger partial charge in [0.2, 0.25) is 4.96 Å². The second kappa shape index (κ2) is 6.94. The number of aryl methyl sites for hydroxylation is 1. The molecular formula is C21H27N3O3S. The largest absolute Gasteiger partial charge is 0.459 e. The maximum Gasteiger partial charge on any atom is 0.312 e. The van der Waals surface area contributed by atoms with Crippen molar-refractivity contribution in [3.05, 3.63) is 27.1 Å². The highest BCUT2D eigenvalue weighted by Gasteiger charge is 2.55. The normalized spacial score (nSPS) is 30.8. The Hall–Kier alpha value is -1.76. The number of rotatable bonds is 6. The molecule has 6 nitrogen and oxygen atoms in total. The summed E-state index contributed by atoms with van der Waals surface area (Å²) in [6, 6.07) is 1.45. The predicted molar refractivity (Wildman–Crippen MR) is 106 cm³/mol. The molecule has 4 aliphatic rings. The van der Waals surface area contributed by atoms with Gasteiger partial charge in [0.25, 0.3) is 5.56 Å². The van der Waals surface area contributed by atoms with Crippen LogP contribution in [0.5, 0.6) is 0 Å². The van der Waals surface area contributed by atoms with Crippen molar-refractivity contribution in [1.82, 2.24) is 14.6 Å².